The maximum Gasteiger partial charge on any atom is 0.161 e. The third-order valence-electron chi connectivity index (χ3n) is 3.42. The van der Waals surface area contributed by atoms with Crippen LogP contribution in [-0.4, -0.2) is 17.9 Å². The van der Waals surface area contributed by atoms with Gasteiger partial charge in [-0.15, -0.1) is 0 Å². The molecule has 0 saturated heterocycles. The molecular weight excluding hydrogens is 238 g/mol. The lowest BCUT2D eigenvalue weighted by molar-refractivity contribution is 0.373. The molecule has 1 aliphatic heterocycles. The lowest BCUT2D eigenvalue weighted by Crippen LogP contribution is -1.91. The average molecular weight is 257 g/mol. The Morgan fingerprint density at radius 1 is 1.32 bits per heavy atom. The number of benzene rings is 1. The van der Waals surface area contributed by atoms with Gasteiger partial charge in [0.2, 0.25) is 0 Å². The summed E-state index contributed by atoms with van der Waals surface area (Å²) in [7, 11) is 1.55. The molecule has 1 aromatic carbocycles. The highest BCUT2D eigenvalue weighted by atomic mass is 16.5. The number of nitrogens with zero attached hydrogens (tertiary/aromatic N) is 1. The van der Waals surface area contributed by atoms with Crippen LogP contribution in [0.5, 0.6) is 11.5 Å². The van der Waals surface area contributed by atoms with E-state index in [4.69, 9.17) is 4.74 Å². The van der Waals surface area contributed by atoms with Crippen LogP contribution in [0.4, 0.5) is 0 Å². The highest BCUT2D eigenvalue weighted by molar-refractivity contribution is 6.03. The van der Waals surface area contributed by atoms with Crippen molar-refractivity contribution in [1.82, 2.24) is 0 Å². The molecule has 0 aliphatic carbocycles. The molecular formula is C16H19NO2. The molecule has 3 heteroatoms. The molecule has 0 fully saturated rings. The number of methoxy groups -OCH3 is 1. The Bertz CT molecular complexity index is 595. The molecule has 3 nitrogen and oxygen atoms in total. The summed E-state index contributed by atoms with van der Waals surface area (Å²) in [6.07, 6.45) is 3.01. The van der Waals surface area contributed by atoms with Crippen molar-refractivity contribution in [2.24, 2.45) is 4.99 Å². The minimum absolute atomic E-state index is 0.150. The normalized spacial score (nSPS) is 17.1. The number of rotatable bonds is 3. The van der Waals surface area contributed by atoms with Crippen molar-refractivity contribution in [1.29, 1.82) is 0 Å². The second-order valence-electron chi connectivity index (χ2n) is 4.62. The van der Waals surface area contributed by atoms with Crippen molar-refractivity contribution in [2.45, 2.75) is 27.2 Å². The Hall–Kier alpha value is -2.03. The van der Waals surface area contributed by atoms with E-state index in [1.54, 1.807) is 13.2 Å². The molecule has 1 aliphatic rings. The van der Waals surface area contributed by atoms with Gasteiger partial charge in [0.15, 0.2) is 11.5 Å². The molecule has 0 saturated carbocycles. The lowest BCUT2D eigenvalue weighted by Gasteiger charge is -2.05. The van der Waals surface area contributed by atoms with Crippen LogP contribution in [0.3, 0.4) is 0 Å². The van der Waals surface area contributed by atoms with Crippen LogP contribution in [0.1, 0.15) is 32.8 Å². The fourth-order valence-electron chi connectivity index (χ4n) is 2.36. The molecule has 1 aromatic rings. The van der Waals surface area contributed by atoms with E-state index < -0.39 is 0 Å². The third kappa shape index (κ3) is 2.55. The number of aliphatic imine (C=N–C) groups is 1. The zero-order chi connectivity index (χ0) is 14.0. The summed E-state index contributed by atoms with van der Waals surface area (Å²) in [6, 6.07) is 5.30. The van der Waals surface area contributed by atoms with Crippen molar-refractivity contribution >= 4 is 11.8 Å². The van der Waals surface area contributed by atoms with E-state index >= 15 is 0 Å². The number of hydrogen-bond donors (Lipinski definition) is 1. The summed E-state index contributed by atoms with van der Waals surface area (Å²) < 4.78 is 5.11. The van der Waals surface area contributed by atoms with E-state index in [9.17, 15) is 5.11 Å². The molecule has 1 N–H and O–H groups in total. The van der Waals surface area contributed by atoms with Crippen LogP contribution < -0.4 is 4.74 Å². The van der Waals surface area contributed by atoms with Gasteiger partial charge in [-0.1, -0.05) is 13.0 Å². The lowest BCUT2D eigenvalue weighted by atomic mass is 10.0. The number of ether oxygens (including phenoxy) is 1. The first kappa shape index (κ1) is 13.4. The molecule has 19 heavy (non-hydrogen) atoms. The van der Waals surface area contributed by atoms with E-state index in [1.165, 1.54) is 11.1 Å². The Morgan fingerprint density at radius 3 is 2.63 bits per heavy atom. The zero-order valence-electron chi connectivity index (χ0n) is 11.8. The van der Waals surface area contributed by atoms with Crippen molar-refractivity contribution < 1.29 is 9.84 Å². The minimum Gasteiger partial charge on any atom is -0.504 e. The van der Waals surface area contributed by atoms with Crippen LogP contribution in [0.2, 0.25) is 0 Å². The maximum atomic E-state index is 9.59. The van der Waals surface area contributed by atoms with Gasteiger partial charge in [-0.3, -0.25) is 4.99 Å². The van der Waals surface area contributed by atoms with Crippen LogP contribution >= 0.6 is 0 Å². The number of allylic oxidation sites excluding steroid dienone is 2. The van der Waals surface area contributed by atoms with Crippen LogP contribution in [-0.2, 0) is 0 Å². The SMILES string of the molecule is CCC1=C(C)C(=Cc2ccc(O)c(OC)c2)N=C1C. The first-order chi connectivity index (χ1) is 9.06. The van der Waals surface area contributed by atoms with E-state index in [-0.39, 0.29) is 5.75 Å². The van der Waals surface area contributed by atoms with E-state index in [0.717, 1.165) is 23.4 Å². The summed E-state index contributed by atoms with van der Waals surface area (Å²) in [5, 5.41) is 9.59. The van der Waals surface area contributed by atoms with Crippen molar-refractivity contribution in [3.63, 3.8) is 0 Å². The van der Waals surface area contributed by atoms with E-state index in [0.29, 0.717) is 5.75 Å². The van der Waals surface area contributed by atoms with Crippen LogP contribution in [0.15, 0.2) is 40.0 Å². The monoisotopic (exact) mass is 257 g/mol. The number of hydrogen-bond acceptors (Lipinski definition) is 3. The molecule has 0 spiro atoms. The van der Waals surface area contributed by atoms with Gasteiger partial charge in [0.05, 0.1) is 12.8 Å². The molecule has 1 heterocycles. The molecule has 0 bridgehead atoms. The number of aromatic hydroxyl groups is 1. The molecule has 0 amide bonds. The maximum absolute atomic E-state index is 9.59. The third-order valence-corrected chi connectivity index (χ3v) is 3.42. The van der Waals surface area contributed by atoms with Crippen LogP contribution in [0.25, 0.3) is 6.08 Å². The Kier molecular flexibility index (Phi) is 3.74. The van der Waals surface area contributed by atoms with E-state index in [2.05, 4.69) is 18.8 Å². The van der Waals surface area contributed by atoms with E-state index in [1.807, 2.05) is 25.1 Å². The fourth-order valence-corrected chi connectivity index (χ4v) is 2.36. The summed E-state index contributed by atoms with van der Waals surface area (Å²) in [4.78, 5) is 4.60. The highest BCUT2D eigenvalue weighted by Crippen LogP contribution is 2.31. The Balaban J connectivity index is 2.41. The number of phenolic OH excluding ortho intramolecular Hbond substituents is 1. The van der Waals surface area contributed by atoms with Gasteiger partial charge in [-0.25, -0.2) is 0 Å². The summed E-state index contributed by atoms with van der Waals surface area (Å²) in [5.41, 5.74) is 5.60. The average Bonchev–Trinajstić information content (AvgIpc) is 2.66. The topological polar surface area (TPSA) is 41.8 Å². The predicted molar refractivity (Wildman–Crippen MR) is 78.7 cm³/mol. The summed E-state index contributed by atoms with van der Waals surface area (Å²) >= 11 is 0. The zero-order valence-corrected chi connectivity index (χ0v) is 11.8. The molecule has 0 atom stereocenters. The van der Waals surface area contributed by atoms with Crippen molar-refractivity contribution in [3.05, 3.63) is 40.6 Å². The molecule has 0 unspecified atom stereocenters. The molecule has 100 valence electrons. The molecule has 0 aromatic heterocycles. The second-order valence-corrected chi connectivity index (χ2v) is 4.62. The van der Waals surface area contributed by atoms with Gasteiger partial charge in [-0.05, 0) is 55.2 Å². The Labute approximate surface area is 113 Å². The predicted octanol–water partition coefficient (Wildman–Crippen LogP) is 3.94. The molecule has 0 radical (unpaired) electrons. The summed E-state index contributed by atoms with van der Waals surface area (Å²) in [6.45, 7) is 6.28. The first-order valence-corrected chi connectivity index (χ1v) is 6.41. The smallest absolute Gasteiger partial charge is 0.161 e. The van der Waals surface area contributed by atoms with Gasteiger partial charge >= 0.3 is 0 Å². The largest absolute Gasteiger partial charge is 0.504 e. The van der Waals surface area contributed by atoms with Crippen molar-refractivity contribution in [3.8, 4) is 11.5 Å². The standard InChI is InChI=1S/C16H19NO2/c1-5-13-10(2)14(17-11(13)3)8-12-6-7-15(18)16(9-12)19-4/h6-9,18H,5H2,1-4H3. The van der Waals surface area contributed by atoms with Gasteiger partial charge in [-0.2, -0.15) is 0 Å². The second kappa shape index (κ2) is 5.31. The first-order valence-electron chi connectivity index (χ1n) is 6.41. The summed E-state index contributed by atoms with van der Waals surface area (Å²) in [5.74, 6) is 0.627. The van der Waals surface area contributed by atoms with Crippen molar-refractivity contribution in [2.75, 3.05) is 7.11 Å². The van der Waals surface area contributed by atoms with Gasteiger partial charge < -0.3 is 9.84 Å². The van der Waals surface area contributed by atoms with Gasteiger partial charge in [0, 0.05) is 5.71 Å². The quantitative estimate of drug-likeness (QED) is 0.891. The fraction of sp³-hybridized carbons (Fsp3) is 0.312. The molecule has 2 rings (SSSR count). The van der Waals surface area contributed by atoms with Gasteiger partial charge in [0.1, 0.15) is 0 Å². The van der Waals surface area contributed by atoms with Gasteiger partial charge in [0.25, 0.3) is 0 Å². The van der Waals surface area contributed by atoms with Crippen LogP contribution in [0, 0.1) is 0 Å². The highest BCUT2D eigenvalue weighted by Gasteiger charge is 2.15. The number of phenols is 1. The minimum atomic E-state index is 0.150. The Morgan fingerprint density at radius 2 is 2.05 bits per heavy atom.